The molecule has 0 amide bonds. The van der Waals surface area contributed by atoms with Gasteiger partial charge in [-0.05, 0) is 16.8 Å². The lowest BCUT2D eigenvalue weighted by Gasteiger charge is -2.10. The average Bonchev–Trinajstić information content (AvgIpc) is 3.10. The summed E-state index contributed by atoms with van der Waals surface area (Å²) < 4.78 is 32.9. The van der Waals surface area contributed by atoms with Crippen molar-refractivity contribution in [3.05, 3.63) is 66.0 Å². The van der Waals surface area contributed by atoms with Gasteiger partial charge >= 0.3 is 5.97 Å². The zero-order valence-corrected chi connectivity index (χ0v) is 13.7. The summed E-state index contributed by atoms with van der Waals surface area (Å²) >= 11 is 0. The van der Waals surface area contributed by atoms with Crippen LogP contribution >= 0.6 is 0 Å². The van der Waals surface area contributed by atoms with Gasteiger partial charge in [-0.25, -0.2) is 23.1 Å². The number of rotatable bonds is 3. The van der Waals surface area contributed by atoms with Gasteiger partial charge in [0, 0.05) is 5.56 Å². The Hall–Kier alpha value is -3.35. The van der Waals surface area contributed by atoms with Gasteiger partial charge in [0.2, 0.25) is 0 Å². The van der Waals surface area contributed by atoms with E-state index in [2.05, 4.69) is 10.1 Å². The van der Waals surface area contributed by atoms with Crippen LogP contribution in [0, 0.1) is 0 Å². The number of hydrogen-bond donors (Lipinski definition) is 0. The lowest BCUT2D eigenvalue weighted by atomic mass is 10.0. The number of hydrogen-bond acceptors (Lipinski definition) is 4. The van der Waals surface area contributed by atoms with Crippen LogP contribution in [-0.4, -0.2) is 27.7 Å². The van der Waals surface area contributed by atoms with Gasteiger partial charge in [-0.15, -0.1) is 0 Å². The average molecular weight is 353 g/mol. The Balaban J connectivity index is 2.05. The van der Waals surface area contributed by atoms with Crippen LogP contribution < -0.4 is 0 Å². The molecular formula is C19H13F2N3O2. The summed E-state index contributed by atoms with van der Waals surface area (Å²) in [4.78, 5) is 16.4. The summed E-state index contributed by atoms with van der Waals surface area (Å²) in [5.74, 6) is -0.678. The summed E-state index contributed by atoms with van der Waals surface area (Å²) in [5.41, 5.74) is 0.780. The lowest BCUT2D eigenvalue weighted by Crippen LogP contribution is -2.06. The first-order valence-electron chi connectivity index (χ1n) is 7.83. The normalized spacial score (nSPS) is 11.4. The fourth-order valence-corrected chi connectivity index (χ4v) is 2.98. The quantitative estimate of drug-likeness (QED) is 0.516. The summed E-state index contributed by atoms with van der Waals surface area (Å²) in [7, 11) is 1.22. The monoisotopic (exact) mass is 353 g/mol. The van der Waals surface area contributed by atoms with E-state index in [1.54, 1.807) is 0 Å². The fraction of sp³-hybridized carbons (Fsp3) is 0.105. The zero-order valence-electron chi connectivity index (χ0n) is 13.7. The van der Waals surface area contributed by atoms with Crippen molar-refractivity contribution in [2.45, 2.75) is 6.43 Å². The molecule has 0 bridgehead atoms. The van der Waals surface area contributed by atoms with E-state index in [9.17, 15) is 13.6 Å². The highest BCUT2D eigenvalue weighted by Gasteiger charge is 2.22. The first-order chi connectivity index (χ1) is 12.6. The second-order valence-corrected chi connectivity index (χ2v) is 5.68. The molecule has 0 unspecified atom stereocenters. The molecule has 0 aliphatic carbocycles. The molecule has 0 fully saturated rings. The molecule has 5 nitrogen and oxygen atoms in total. The van der Waals surface area contributed by atoms with Gasteiger partial charge in [-0.3, -0.25) is 0 Å². The Labute approximate surface area is 146 Å². The minimum Gasteiger partial charge on any atom is -0.465 e. The number of carbonyl (C=O) groups excluding carboxylic acids is 1. The molecule has 0 atom stereocenters. The van der Waals surface area contributed by atoms with Crippen molar-refractivity contribution in [3.63, 3.8) is 0 Å². The van der Waals surface area contributed by atoms with E-state index in [4.69, 9.17) is 4.74 Å². The number of fused-ring (bicyclic) bond motifs is 2. The molecule has 0 saturated heterocycles. The maximum Gasteiger partial charge on any atom is 0.343 e. The van der Waals surface area contributed by atoms with E-state index in [1.807, 2.05) is 42.5 Å². The first-order valence-corrected chi connectivity index (χ1v) is 7.83. The van der Waals surface area contributed by atoms with Crippen LogP contribution in [0.4, 0.5) is 8.78 Å². The Kier molecular flexibility index (Phi) is 3.84. The van der Waals surface area contributed by atoms with Crippen molar-refractivity contribution in [2.24, 2.45) is 0 Å². The SMILES string of the molecule is COC(=O)c1cnn2c(C(F)F)cc(-c3cccc4ccccc34)nc12. The van der Waals surface area contributed by atoms with Crippen molar-refractivity contribution >= 4 is 22.4 Å². The van der Waals surface area contributed by atoms with E-state index < -0.39 is 12.4 Å². The smallest absolute Gasteiger partial charge is 0.343 e. The highest BCUT2D eigenvalue weighted by molar-refractivity contribution is 5.98. The first kappa shape index (κ1) is 16.1. The standard InChI is InChI=1S/C19H13F2N3O2/c1-26-19(25)14-10-22-24-16(17(20)21)9-15(23-18(14)24)13-8-4-6-11-5-2-3-7-12(11)13/h2-10,17H,1H3. The molecule has 0 radical (unpaired) electrons. The number of methoxy groups -OCH3 is 1. The number of alkyl halides is 2. The molecule has 2 aromatic heterocycles. The molecule has 4 rings (SSSR count). The van der Waals surface area contributed by atoms with Crippen molar-refractivity contribution in [1.82, 2.24) is 14.6 Å². The second kappa shape index (κ2) is 6.18. The van der Waals surface area contributed by atoms with Gasteiger partial charge in [-0.2, -0.15) is 5.10 Å². The number of aromatic nitrogens is 3. The van der Waals surface area contributed by atoms with Crippen molar-refractivity contribution in [3.8, 4) is 11.3 Å². The zero-order chi connectivity index (χ0) is 18.3. The molecule has 130 valence electrons. The van der Waals surface area contributed by atoms with Crippen molar-refractivity contribution < 1.29 is 18.3 Å². The third-order valence-electron chi connectivity index (χ3n) is 4.19. The molecule has 0 spiro atoms. The number of halogens is 2. The second-order valence-electron chi connectivity index (χ2n) is 5.68. The van der Waals surface area contributed by atoms with Crippen molar-refractivity contribution in [1.29, 1.82) is 0 Å². The molecular weight excluding hydrogens is 340 g/mol. The van der Waals surface area contributed by atoms with E-state index in [1.165, 1.54) is 19.4 Å². The highest BCUT2D eigenvalue weighted by Crippen LogP contribution is 2.31. The van der Waals surface area contributed by atoms with Crippen molar-refractivity contribution in [2.75, 3.05) is 7.11 Å². The highest BCUT2D eigenvalue weighted by atomic mass is 19.3. The summed E-state index contributed by atoms with van der Waals surface area (Å²) in [6.07, 6.45) is -1.59. The molecule has 0 N–H and O–H groups in total. The molecule has 7 heteroatoms. The topological polar surface area (TPSA) is 56.5 Å². The minimum atomic E-state index is -2.78. The predicted octanol–water partition coefficient (Wildman–Crippen LogP) is 4.27. The molecule has 4 aromatic rings. The fourth-order valence-electron chi connectivity index (χ4n) is 2.98. The molecule has 2 heterocycles. The van der Waals surface area contributed by atoms with Gasteiger partial charge < -0.3 is 4.74 Å². The van der Waals surface area contributed by atoms with Gasteiger partial charge in [0.05, 0.1) is 19.0 Å². The van der Waals surface area contributed by atoms with Gasteiger partial charge in [0.1, 0.15) is 11.3 Å². The minimum absolute atomic E-state index is 0.0384. The lowest BCUT2D eigenvalue weighted by molar-refractivity contribution is 0.0602. The Morgan fingerprint density at radius 3 is 2.69 bits per heavy atom. The van der Waals surface area contributed by atoms with E-state index in [-0.39, 0.29) is 16.9 Å². The third-order valence-corrected chi connectivity index (χ3v) is 4.19. The van der Waals surface area contributed by atoms with Crippen LogP contribution in [0.3, 0.4) is 0 Å². The van der Waals surface area contributed by atoms with E-state index in [0.29, 0.717) is 11.3 Å². The van der Waals surface area contributed by atoms with E-state index in [0.717, 1.165) is 15.3 Å². The number of carbonyl (C=O) groups is 1. The Bertz CT molecular complexity index is 1130. The molecule has 0 aliphatic rings. The molecule has 0 aliphatic heterocycles. The van der Waals surface area contributed by atoms with Gasteiger partial charge in [0.15, 0.2) is 5.65 Å². The Morgan fingerprint density at radius 2 is 1.92 bits per heavy atom. The molecule has 0 saturated carbocycles. The van der Waals surface area contributed by atoms with Crippen LogP contribution in [0.2, 0.25) is 0 Å². The number of benzene rings is 2. The summed E-state index contributed by atoms with van der Waals surface area (Å²) in [6.45, 7) is 0. The third kappa shape index (κ3) is 2.48. The van der Waals surface area contributed by atoms with E-state index >= 15 is 0 Å². The van der Waals surface area contributed by atoms with Crippen LogP contribution in [0.1, 0.15) is 22.5 Å². The van der Waals surface area contributed by atoms with Gasteiger partial charge in [-0.1, -0.05) is 42.5 Å². The van der Waals surface area contributed by atoms with Crippen LogP contribution in [0.25, 0.3) is 27.7 Å². The van der Waals surface area contributed by atoms with Crippen LogP contribution in [-0.2, 0) is 4.74 Å². The number of esters is 1. The van der Waals surface area contributed by atoms with Gasteiger partial charge in [0.25, 0.3) is 6.43 Å². The molecule has 2 aromatic carbocycles. The molecule has 26 heavy (non-hydrogen) atoms. The number of ether oxygens (including phenoxy) is 1. The summed E-state index contributed by atoms with van der Waals surface area (Å²) in [5, 5.41) is 5.72. The summed E-state index contributed by atoms with van der Waals surface area (Å²) in [6, 6.07) is 14.5. The Morgan fingerprint density at radius 1 is 1.15 bits per heavy atom. The van der Waals surface area contributed by atoms with Crippen LogP contribution in [0.15, 0.2) is 54.7 Å². The predicted molar refractivity (Wildman–Crippen MR) is 92.2 cm³/mol. The maximum atomic E-state index is 13.6. The number of nitrogens with zero attached hydrogens (tertiary/aromatic N) is 3. The maximum absolute atomic E-state index is 13.6. The largest absolute Gasteiger partial charge is 0.465 e. The van der Waals surface area contributed by atoms with Crippen LogP contribution in [0.5, 0.6) is 0 Å².